The molecule has 0 aliphatic carbocycles. The van der Waals surface area contributed by atoms with Crippen LogP contribution in [0.4, 0.5) is 5.69 Å². The number of aryl methyl sites for hydroxylation is 1. The van der Waals surface area contributed by atoms with Gasteiger partial charge in [0.2, 0.25) is 5.91 Å². The smallest absolute Gasteiger partial charge is 0.239 e. The number of hydrogen-bond acceptors (Lipinski definition) is 4. The van der Waals surface area contributed by atoms with Gasteiger partial charge in [0.15, 0.2) is 5.15 Å². The van der Waals surface area contributed by atoms with Crippen molar-refractivity contribution in [2.24, 2.45) is 5.73 Å². The molecule has 0 spiro atoms. The molecule has 2 heterocycles. The number of carbonyl (C=O) groups is 1. The first-order chi connectivity index (χ1) is 10.1. The van der Waals surface area contributed by atoms with Gasteiger partial charge in [0, 0.05) is 12.6 Å². The van der Waals surface area contributed by atoms with E-state index in [2.05, 4.69) is 27.3 Å². The molecule has 0 fully saturated rings. The van der Waals surface area contributed by atoms with E-state index >= 15 is 0 Å². The molecule has 1 amide bonds. The highest BCUT2D eigenvalue weighted by Gasteiger charge is 2.08. The van der Waals surface area contributed by atoms with Crippen LogP contribution in [0.25, 0.3) is 0 Å². The molecule has 0 aromatic carbocycles. The summed E-state index contributed by atoms with van der Waals surface area (Å²) in [5, 5.41) is 7.69. The Hall–Kier alpha value is -2.02. The fourth-order valence-corrected chi connectivity index (χ4v) is 2.13. The van der Waals surface area contributed by atoms with E-state index in [1.165, 1.54) is 4.68 Å². The number of anilines is 1. The van der Waals surface area contributed by atoms with Crippen molar-refractivity contribution in [2.45, 2.75) is 39.3 Å². The van der Waals surface area contributed by atoms with Gasteiger partial charge in [0.25, 0.3) is 0 Å². The molecular weight excluding hydrogens is 292 g/mol. The van der Waals surface area contributed by atoms with Crippen LogP contribution in [0.15, 0.2) is 12.4 Å². The Labute approximate surface area is 127 Å². The van der Waals surface area contributed by atoms with Crippen molar-refractivity contribution in [3.63, 3.8) is 0 Å². The van der Waals surface area contributed by atoms with E-state index in [0.29, 0.717) is 11.7 Å². The van der Waals surface area contributed by atoms with Crippen molar-refractivity contribution in [3.05, 3.63) is 29.1 Å². The average molecular weight is 311 g/mol. The van der Waals surface area contributed by atoms with Crippen LogP contribution in [-0.2, 0) is 24.3 Å². The van der Waals surface area contributed by atoms with Crippen LogP contribution in [0.5, 0.6) is 0 Å². The fraction of sp³-hybridized carbons (Fsp3) is 0.462. The molecule has 0 radical (unpaired) electrons. The number of primary amides is 1. The standard InChI is InChI=1S/C13H19ClN6O/c1-2-3-4-12-18-10(13(14)19-12)6-16-9-5-17-20(7-9)8-11(15)21/h5,7,16H,2-4,6,8H2,1H3,(H2,15,21)(H,18,19). The van der Waals surface area contributed by atoms with Crippen LogP contribution in [-0.4, -0.2) is 25.7 Å². The largest absolute Gasteiger partial charge is 0.377 e. The molecule has 0 unspecified atom stereocenters. The van der Waals surface area contributed by atoms with Crippen LogP contribution >= 0.6 is 11.6 Å². The third-order valence-electron chi connectivity index (χ3n) is 2.96. The van der Waals surface area contributed by atoms with Crippen molar-refractivity contribution in [1.82, 2.24) is 19.7 Å². The van der Waals surface area contributed by atoms with Gasteiger partial charge in [0.05, 0.1) is 24.1 Å². The van der Waals surface area contributed by atoms with E-state index in [4.69, 9.17) is 17.3 Å². The molecule has 4 N–H and O–H groups in total. The first kappa shape index (κ1) is 15.4. The van der Waals surface area contributed by atoms with Gasteiger partial charge in [-0.1, -0.05) is 24.9 Å². The maximum absolute atomic E-state index is 10.8. The number of nitrogens with zero attached hydrogens (tertiary/aromatic N) is 3. The van der Waals surface area contributed by atoms with E-state index in [1.807, 2.05) is 0 Å². The number of H-pyrrole nitrogens is 1. The third-order valence-corrected chi connectivity index (χ3v) is 3.28. The van der Waals surface area contributed by atoms with E-state index < -0.39 is 5.91 Å². The molecule has 0 aliphatic heterocycles. The lowest BCUT2D eigenvalue weighted by Crippen LogP contribution is -2.18. The first-order valence-electron chi connectivity index (χ1n) is 6.86. The molecular formula is C13H19ClN6O. The number of unbranched alkanes of at least 4 members (excludes halogenated alkanes) is 1. The molecule has 2 aromatic rings. The quantitative estimate of drug-likeness (QED) is 0.690. The van der Waals surface area contributed by atoms with Crippen molar-refractivity contribution >= 4 is 23.2 Å². The Morgan fingerprint density at radius 2 is 2.38 bits per heavy atom. The maximum Gasteiger partial charge on any atom is 0.239 e. The summed E-state index contributed by atoms with van der Waals surface area (Å²) in [6.45, 7) is 2.71. The third kappa shape index (κ3) is 4.49. The van der Waals surface area contributed by atoms with E-state index in [0.717, 1.165) is 36.5 Å². The maximum atomic E-state index is 10.8. The SMILES string of the molecule is CCCCc1nc(Cl)c(CNc2cnn(CC(N)=O)c2)[nH]1. The molecule has 7 nitrogen and oxygen atoms in total. The summed E-state index contributed by atoms with van der Waals surface area (Å²) in [6.07, 6.45) is 6.44. The van der Waals surface area contributed by atoms with Crippen molar-refractivity contribution < 1.29 is 4.79 Å². The monoisotopic (exact) mass is 310 g/mol. The lowest BCUT2D eigenvalue weighted by Gasteiger charge is -2.01. The molecule has 2 rings (SSSR count). The lowest BCUT2D eigenvalue weighted by atomic mass is 10.2. The average Bonchev–Trinajstić information content (AvgIpc) is 3.00. The molecule has 0 saturated carbocycles. The second-order valence-electron chi connectivity index (χ2n) is 4.80. The topological polar surface area (TPSA) is 102 Å². The first-order valence-corrected chi connectivity index (χ1v) is 7.24. The van der Waals surface area contributed by atoms with Gasteiger partial charge in [-0.05, 0) is 6.42 Å². The zero-order valence-electron chi connectivity index (χ0n) is 11.9. The number of aromatic nitrogens is 4. The van der Waals surface area contributed by atoms with Gasteiger partial charge >= 0.3 is 0 Å². The second kappa shape index (κ2) is 7.12. The Bertz CT molecular complexity index is 606. The highest BCUT2D eigenvalue weighted by atomic mass is 35.5. The minimum Gasteiger partial charge on any atom is -0.377 e. The number of hydrogen-bond donors (Lipinski definition) is 3. The van der Waals surface area contributed by atoms with Crippen molar-refractivity contribution in [2.75, 3.05) is 5.32 Å². The number of aromatic amines is 1. The van der Waals surface area contributed by atoms with Crippen molar-refractivity contribution in [3.8, 4) is 0 Å². The number of halogens is 1. The Balaban J connectivity index is 1.91. The van der Waals surface area contributed by atoms with Gasteiger partial charge in [-0.25, -0.2) is 4.98 Å². The number of nitrogens with one attached hydrogen (secondary N) is 2. The van der Waals surface area contributed by atoms with Crippen LogP contribution < -0.4 is 11.1 Å². The molecule has 0 saturated heterocycles. The summed E-state index contributed by atoms with van der Waals surface area (Å²) in [5.74, 6) is 0.477. The summed E-state index contributed by atoms with van der Waals surface area (Å²) in [5.41, 5.74) is 6.74. The minimum absolute atomic E-state index is 0.0632. The van der Waals surface area contributed by atoms with Gasteiger partial charge in [-0.15, -0.1) is 0 Å². The lowest BCUT2D eigenvalue weighted by molar-refractivity contribution is -0.118. The predicted molar refractivity (Wildman–Crippen MR) is 81.0 cm³/mol. The number of amides is 1. The summed E-state index contributed by atoms with van der Waals surface area (Å²) >= 11 is 6.10. The zero-order valence-corrected chi connectivity index (χ0v) is 12.7. The van der Waals surface area contributed by atoms with Crippen LogP contribution in [0.1, 0.15) is 31.3 Å². The minimum atomic E-state index is -0.429. The second-order valence-corrected chi connectivity index (χ2v) is 5.16. The summed E-state index contributed by atoms with van der Waals surface area (Å²) in [6, 6.07) is 0. The highest BCUT2D eigenvalue weighted by molar-refractivity contribution is 6.30. The number of imidazole rings is 1. The molecule has 2 aromatic heterocycles. The van der Waals surface area contributed by atoms with Crippen LogP contribution in [0.3, 0.4) is 0 Å². The highest BCUT2D eigenvalue weighted by Crippen LogP contribution is 2.16. The molecule has 114 valence electrons. The van der Waals surface area contributed by atoms with Crippen LogP contribution in [0, 0.1) is 0 Å². The summed E-state index contributed by atoms with van der Waals surface area (Å²) < 4.78 is 1.48. The van der Waals surface area contributed by atoms with Crippen molar-refractivity contribution in [1.29, 1.82) is 0 Å². The molecule has 21 heavy (non-hydrogen) atoms. The normalized spacial score (nSPS) is 10.8. The Morgan fingerprint density at radius 1 is 1.57 bits per heavy atom. The van der Waals surface area contributed by atoms with E-state index in [9.17, 15) is 4.79 Å². The van der Waals surface area contributed by atoms with Crippen LogP contribution in [0.2, 0.25) is 5.15 Å². The van der Waals surface area contributed by atoms with Gasteiger partial charge in [-0.2, -0.15) is 5.10 Å². The molecule has 0 atom stereocenters. The molecule has 8 heteroatoms. The molecule has 0 aliphatic rings. The summed E-state index contributed by atoms with van der Waals surface area (Å²) in [4.78, 5) is 18.3. The van der Waals surface area contributed by atoms with Gasteiger partial charge in [0.1, 0.15) is 12.4 Å². The van der Waals surface area contributed by atoms with E-state index in [-0.39, 0.29) is 6.54 Å². The Kier molecular flexibility index (Phi) is 5.21. The zero-order chi connectivity index (χ0) is 15.2. The van der Waals surface area contributed by atoms with Gasteiger partial charge in [-0.3, -0.25) is 9.48 Å². The fourth-order valence-electron chi connectivity index (χ4n) is 1.91. The predicted octanol–water partition coefficient (Wildman–Crippen LogP) is 1.70. The Morgan fingerprint density at radius 3 is 3.10 bits per heavy atom. The number of rotatable bonds is 8. The molecule has 0 bridgehead atoms. The van der Waals surface area contributed by atoms with Gasteiger partial charge < -0.3 is 16.0 Å². The number of carbonyl (C=O) groups excluding carboxylic acids is 1. The van der Waals surface area contributed by atoms with E-state index in [1.54, 1.807) is 12.4 Å². The summed E-state index contributed by atoms with van der Waals surface area (Å²) in [7, 11) is 0. The number of nitrogens with two attached hydrogens (primary N) is 1.